The number of hydrogen-bond acceptors (Lipinski definition) is 5. The van der Waals surface area contributed by atoms with Crippen LogP contribution in [0, 0.1) is 0 Å². The Morgan fingerprint density at radius 2 is 2.30 bits per heavy atom. The summed E-state index contributed by atoms with van der Waals surface area (Å²) < 4.78 is 0. The second kappa shape index (κ2) is 6.85. The van der Waals surface area contributed by atoms with Crippen LogP contribution >= 0.6 is 0 Å². The van der Waals surface area contributed by atoms with Crippen molar-refractivity contribution in [3.8, 4) is 0 Å². The molecule has 0 spiro atoms. The summed E-state index contributed by atoms with van der Waals surface area (Å²) in [5.74, 6) is -0.466. The fourth-order valence-electron chi connectivity index (χ4n) is 2.33. The molecule has 7 nitrogen and oxygen atoms in total. The standard InChI is InChI=1S/C13H18N4O3/c18-12(16-15-11-5-1-2-6-14-11)9-17-7-3-4-10(17)8-13(19)20/h1-2,5-6,10H,3-4,7-9H2,(H,14,15)(H,16,18)(H,19,20). The monoisotopic (exact) mass is 278 g/mol. The van der Waals surface area contributed by atoms with E-state index in [-0.39, 0.29) is 24.9 Å². The van der Waals surface area contributed by atoms with E-state index in [1.807, 2.05) is 11.0 Å². The van der Waals surface area contributed by atoms with Crippen LogP contribution in [0.1, 0.15) is 19.3 Å². The van der Waals surface area contributed by atoms with E-state index in [9.17, 15) is 9.59 Å². The van der Waals surface area contributed by atoms with E-state index >= 15 is 0 Å². The highest BCUT2D eigenvalue weighted by Crippen LogP contribution is 2.19. The van der Waals surface area contributed by atoms with Crippen molar-refractivity contribution in [1.82, 2.24) is 15.3 Å². The number of hydrazine groups is 1. The van der Waals surface area contributed by atoms with E-state index in [2.05, 4.69) is 15.8 Å². The lowest BCUT2D eigenvalue weighted by Crippen LogP contribution is -2.42. The molecule has 0 aromatic carbocycles. The van der Waals surface area contributed by atoms with Crippen LogP contribution in [-0.4, -0.2) is 46.0 Å². The summed E-state index contributed by atoms with van der Waals surface area (Å²) in [4.78, 5) is 28.5. The number of nitrogens with one attached hydrogen (secondary N) is 2. The van der Waals surface area contributed by atoms with E-state index in [1.54, 1.807) is 18.3 Å². The van der Waals surface area contributed by atoms with Crippen LogP contribution in [0.4, 0.5) is 5.82 Å². The van der Waals surface area contributed by atoms with Gasteiger partial charge in [-0.1, -0.05) is 6.07 Å². The summed E-state index contributed by atoms with van der Waals surface area (Å²) >= 11 is 0. The molecule has 1 saturated heterocycles. The van der Waals surface area contributed by atoms with E-state index in [0.717, 1.165) is 19.4 Å². The predicted molar refractivity (Wildman–Crippen MR) is 72.9 cm³/mol. The molecule has 2 rings (SSSR count). The average molecular weight is 278 g/mol. The third-order valence-electron chi connectivity index (χ3n) is 3.25. The molecule has 108 valence electrons. The minimum absolute atomic E-state index is 0.0481. The van der Waals surface area contributed by atoms with Gasteiger partial charge in [0.15, 0.2) is 0 Å². The highest BCUT2D eigenvalue weighted by atomic mass is 16.4. The average Bonchev–Trinajstić information content (AvgIpc) is 2.84. The molecular weight excluding hydrogens is 260 g/mol. The van der Waals surface area contributed by atoms with Gasteiger partial charge in [-0.05, 0) is 31.5 Å². The van der Waals surface area contributed by atoms with Gasteiger partial charge >= 0.3 is 5.97 Å². The van der Waals surface area contributed by atoms with Gasteiger partial charge in [0.1, 0.15) is 5.82 Å². The van der Waals surface area contributed by atoms with Crippen molar-refractivity contribution in [3.63, 3.8) is 0 Å². The molecule has 1 unspecified atom stereocenters. The number of rotatable bonds is 6. The zero-order valence-corrected chi connectivity index (χ0v) is 11.1. The molecule has 0 bridgehead atoms. The molecule has 0 aliphatic carbocycles. The molecule has 1 fully saturated rings. The van der Waals surface area contributed by atoms with Gasteiger partial charge in [-0.15, -0.1) is 0 Å². The molecule has 20 heavy (non-hydrogen) atoms. The van der Waals surface area contributed by atoms with Gasteiger partial charge in [-0.2, -0.15) is 0 Å². The number of aliphatic carboxylic acids is 1. The number of carboxylic acids is 1. The summed E-state index contributed by atoms with van der Waals surface area (Å²) in [6.45, 7) is 0.951. The van der Waals surface area contributed by atoms with E-state index in [1.165, 1.54) is 0 Å². The zero-order valence-electron chi connectivity index (χ0n) is 11.1. The summed E-state index contributed by atoms with van der Waals surface area (Å²) in [5.41, 5.74) is 5.28. The number of carboxylic acid groups (broad SMARTS) is 1. The fourth-order valence-corrected chi connectivity index (χ4v) is 2.33. The Bertz CT molecular complexity index is 466. The summed E-state index contributed by atoms with van der Waals surface area (Å²) in [5, 5.41) is 8.83. The lowest BCUT2D eigenvalue weighted by molar-refractivity contribution is -0.138. The second-order valence-corrected chi connectivity index (χ2v) is 4.75. The highest BCUT2D eigenvalue weighted by molar-refractivity contribution is 5.79. The van der Waals surface area contributed by atoms with Crippen molar-refractivity contribution in [3.05, 3.63) is 24.4 Å². The SMILES string of the molecule is O=C(O)CC1CCCN1CC(=O)NNc1ccccn1. The van der Waals surface area contributed by atoms with Crippen LogP contribution in [0.15, 0.2) is 24.4 Å². The second-order valence-electron chi connectivity index (χ2n) is 4.75. The first kappa shape index (κ1) is 14.3. The maximum atomic E-state index is 11.8. The van der Waals surface area contributed by atoms with Gasteiger partial charge in [0.25, 0.3) is 5.91 Å². The van der Waals surface area contributed by atoms with Gasteiger partial charge in [0.2, 0.25) is 0 Å². The van der Waals surface area contributed by atoms with Crippen LogP contribution < -0.4 is 10.9 Å². The maximum Gasteiger partial charge on any atom is 0.304 e. The number of pyridine rings is 1. The van der Waals surface area contributed by atoms with Crippen LogP contribution in [-0.2, 0) is 9.59 Å². The molecule has 1 amide bonds. The first-order valence-electron chi connectivity index (χ1n) is 6.57. The number of nitrogens with zero attached hydrogens (tertiary/aromatic N) is 2. The van der Waals surface area contributed by atoms with Crippen molar-refractivity contribution in [2.24, 2.45) is 0 Å². The van der Waals surface area contributed by atoms with Crippen molar-refractivity contribution < 1.29 is 14.7 Å². The highest BCUT2D eigenvalue weighted by Gasteiger charge is 2.27. The first-order chi connectivity index (χ1) is 9.65. The molecule has 1 atom stereocenters. The van der Waals surface area contributed by atoms with E-state index in [4.69, 9.17) is 5.11 Å². The Morgan fingerprint density at radius 1 is 1.45 bits per heavy atom. The van der Waals surface area contributed by atoms with Gasteiger partial charge in [0.05, 0.1) is 13.0 Å². The Hall–Kier alpha value is -2.15. The lowest BCUT2D eigenvalue weighted by Gasteiger charge is -2.22. The van der Waals surface area contributed by atoms with Crippen LogP contribution in [0.3, 0.4) is 0 Å². The molecule has 0 saturated carbocycles. The summed E-state index contributed by atoms with van der Waals surface area (Å²) in [6.07, 6.45) is 3.46. The van der Waals surface area contributed by atoms with E-state index in [0.29, 0.717) is 5.82 Å². The minimum Gasteiger partial charge on any atom is -0.481 e. The van der Waals surface area contributed by atoms with E-state index < -0.39 is 5.97 Å². The molecule has 1 aliphatic heterocycles. The van der Waals surface area contributed by atoms with Crippen molar-refractivity contribution >= 4 is 17.7 Å². The smallest absolute Gasteiger partial charge is 0.304 e. The fraction of sp³-hybridized carbons (Fsp3) is 0.462. The summed E-state index contributed by atoms with van der Waals surface area (Å²) in [7, 11) is 0. The Balaban J connectivity index is 1.77. The number of carbonyl (C=O) groups is 2. The number of anilines is 1. The third kappa shape index (κ3) is 4.20. The molecule has 3 N–H and O–H groups in total. The predicted octanol–water partition coefficient (Wildman–Crippen LogP) is 0.464. The number of hydrogen-bond donors (Lipinski definition) is 3. The quantitative estimate of drug-likeness (QED) is 0.655. The largest absolute Gasteiger partial charge is 0.481 e. The molecule has 1 aliphatic rings. The van der Waals surface area contributed by atoms with Gasteiger partial charge < -0.3 is 5.11 Å². The third-order valence-corrected chi connectivity index (χ3v) is 3.25. The summed E-state index contributed by atoms with van der Waals surface area (Å²) in [6, 6.07) is 5.29. The number of aromatic nitrogens is 1. The molecule has 1 aromatic rings. The first-order valence-corrected chi connectivity index (χ1v) is 6.57. The normalized spacial score (nSPS) is 18.7. The zero-order chi connectivity index (χ0) is 14.4. The number of amides is 1. The maximum absolute atomic E-state index is 11.8. The van der Waals surface area contributed by atoms with Gasteiger partial charge in [-0.3, -0.25) is 25.3 Å². The molecule has 7 heteroatoms. The van der Waals surface area contributed by atoms with Crippen LogP contribution in [0.25, 0.3) is 0 Å². The Labute approximate surface area is 117 Å². The topological polar surface area (TPSA) is 94.6 Å². The van der Waals surface area contributed by atoms with Crippen molar-refractivity contribution in [1.29, 1.82) is 0 Å². The molecule has 2 heterocycles. The minimum atomic E-state index is -0.825. The molecule has 1 aromatic heterocycles. The van der Waals surface area contributed by atoms with Crippen molar-refractivity contribution in [2.45, 2.75) is 25.3 Å². The van der Waals surface area contributed by atoms with Crippen LogP contribution in [0.5, 0.6) is 0 Å². The van der Waals surface area contributed by atoms with Crippen LogP contribution in [0.2, 0.25) is 0 Å². The van der Waals surface area contributed by atoms with Gasteiger partial charge in [-0.25, -0.2) is 4.98 Å². The number of carbonyl (C=O) groups excluding carboxylic acids is 1. The molecule has 0 radical (unpaired) electrons. The Morgan fingerprint density at radius 3 is 3.00 bits per heavy atom. The number of likely N-dealkylation sites (tertiary alicyclic amines) is 1. The lowest BCUT2D eigenvalue weighted by atomic mass is 10.1. The Kier molecular flexibility index (Phi) is 4.89. The van der Waals surface area contributed by atoms with Crippen molar-refractivity contribution in [2.75, 3.05) is 18.5 Å². The molecular formula is C13H18N4O3. The van der Waals surface area contributed by atoms with Gasteiger partial charge in [0, 0.05) is 12.2 Å².